The molecular formula is C16H25NO2. The summed E-state index contributed by atoms with van der Waals surface area (Å²) >= 11 is 0. The van der Waals surface area contributed by atoms with Crippen LogP contribution in [0.15, 0.2) is 18.2 Å². The summed E-state index contributed by atoms with van der Waals surface area (Å²) in [5.41, 5.74) is 6.58. The maximum Gasteiger partial charge on any atom is 0.125 e. The Kier molecular flexibility index (Phi) is 4.94. The number of hydrogen-bond donors (Lipinski definition) is 1. The van der Waals surface area contributed by atoms with Gasteiger partial charge in [-0.15, -0.1) is 0 Å². The van der Waals surface area contributed by atoms with Crippen molar-refractivity contribution in [1.82, 2.24) is 0 Å². The van der Waals surface area contributed by atoms with Crippen molar-refractivity contribution in [3.8, 4) is 11.5 Å². The van der Waals surface area contributed by atoms with Gasteiger partial charge in [-0.05, 0) is 32.6 Å². The molecule has 0 aliphatic heterocycles. The molecule has 1 fully saturated rings. The lowest BCUT2D eigenvalue weighted by molar-refractivity contribution is 0.206. The summed E-state index contributed by atoms with van der Waals surface area (Å²) in [6.07, 6.45) is 6.78. The summed E-state index contributed by atoms with van der Waals surface area (Å²) in [5, 5.41) is 0. The van der Waals surface area contributed by atoms with Crippen LogP contribution in [0.2, 0.25) is 0 Å². The van der Waals surface area contributed by atoms with Gasteiger partial charge in [-0.25, -0.2) is 0 Å². The minimum atomic E-state index is 0.146. The van der Waals surface area contributed by atoms with Crippen LogP contribution in [-0.4, -0.2) is 12.7 Å². The van der Waals surface area contributed by atoms with Crippen molar-refractivity contribution in [2.24, 2.45) is 5.92 Å². The minimum Gasteiger partial charge on any atom is -0.493 e. The Morgan fingerprint density at radius 1 is 1.11 bits per heavy atom. The second-order valence-electron chi connectivity index (χ2n) is 5.72. The maximum absolute atomic E-state index is 5.89. The first-order valence-electron chi connectivity index (χ1n) is 7.33. The lowest BCUT2D eigenvalue weighted by atomic mass is 9.90. The number of hydrogen-bond acceptors (Lipinski definition) is 3. The summed E-state index contributed by atoms with van der Waals surface area (Å²) in [6, 6.07) is 5.64. The van der Waals surface area contributed by atoms with Crippen molar-refractivity contribution in [1.29, 1.82) is 0 Å². The highest BCUT2D eigenvalue weighted by Gasteiger charge is 2.14. The number of rotatable bonds is 5. The summed E-state index contributed by atoms with van der Waals surface area (Å²) < 4.78 is 11.6. The van der Waals surface area contributed by atoms with Gasteiger partial charge < -0.3 is 15.2 Å². The molecule has 0 aromatic heterocycles. The largest absolute Gasteiger partial charge is 0.493 e. The van der Waals surface area contributed by atoms with Gasteiger partial charge in [0.25, 0.3) is 0 Å². The molecule has 19 heavy (non-hydrogen) atoms. The first kappa shape index (κ1) is 14.0. The van der Waals surface area contributed by atoms with Gasteiger partial charge in [-0.2, -0.15) is 0 Å². The fraction of sp³-hybridized carbons (Fsp3) is 0.625. The lowest BCUT2D eigenvalue weighted by Crippen LogP contribution is -2.15. The zero-order valence-electron chi connectivity index (χ0n) is 12.0. The minimum absolute atomic E-state index is 0.146. The number of nitrogen functional groups attached to an aromatic ring is 1. The van der Waals surface area contributed by atoms with Gasteiger partial charge in [-0.1, -0.05) is 19.3 Å². The quantitative estimate of drug-likeness (QED) is 0.816. The maximum atomic E-state index is 5.89. The Bertz CT molecular complexity index is 398. The molecule has 1 aliphatic carbocycles. The third kappa shape index (κ3) is 4.66. The predicted molar refractivity (Wildman–Crippen MR) is 78.7 cm³/mol. The molecule has 1 aliphatic rings. The van der Waals surface area contributed by atoms with E-state index >= 15 is 0 Å². The monoisotopic (exact) mass is 263 g/mol. The van der Waals surface area contributed by atoms with E-state index in [-0.39, 0.29) is 6.10 Å². The molecule has 1 aromatic carbocycles. The van der Waals surface area contributed by atoms with Crippen molar-refractivity contribution in [3.05, 3.63) is 18.2 Å². The Hall–Kier alpha value is -1.38. The van der Waals surface area contributed by atoms with E-state index in [1.54, 1.807) is 0 Å². The predicted octanol–water partition coefficient (Wildman–Crippen LogP) is 4.02. The Balaban J connectivity index is 1.93. The summed E-state index contributed by atoms with van der Waals surface area (Å²) in [5.74, 6) is 2.31. The zero-order chi connectivity index (χ0) is 13.7. The summed E-state index contributed by atoms with van der Waals surface area (Å²) in [6.45, 7) is 4.81. The Labute approximate surface area is 116 Å². The molecule has 2 N–H and O–H groups in total. The zero-order valence-corrected chi connectivity index (χ0v) is 12.0. The molecule has 0 unspecified atom stereocenters. The van der Waals surface area contributed by atoms with Gasteiger partial charge in [0, 0.05) is 23.9 Å². The van der Waals surface area contributed by atoms with E-state index in [0.717, 1.165) is 18.1 Å². The number of ether oxygens (including phenoxy) is 2. The molecule has 106 valence electrons. The summed E-state index contributed by atoms with van der Waals surface area (Å²) in [4.78, 5) is 0. The van der Waals surface area contributed by atoms with E-state index in [4.69, 9.17) is 15.2 Å². The van der Waals surface area contributed by atoms with Crippen molar-refractivity contribution < 1.29 is 9.47 Å². The highest BCUT2D eigenvalue weighted by Crippen LogP contribution is 2.28. The highest BCUT2D eigenvalue weighted by molar-refractivity contribution is 5.50. The molecule has 0 radical (unpaired) electrons. The van der Waals surface area contributed by atoms with Crippen LogP contribution in [0.1, 0.15) is 46.0 Å². The Morgan fingerprint density at radius 3 is 2.47 bits per heavy atom. The summed E-state index contributed by atoms with van der Waals surface area (Å²) in [7, 11) is 0. The van der Waals surface area contributed by atoms with Crippen LogP contribution in [0.25, 0.3) is 0 Å². The molecule has 0 heterocycles. The van der Waals surface area contributed by atoms with Crippen LogP contribution in [0.3, 0.4) is 0 Å². The van der Waals surface area contributed by atoms with Crippen LogP contribution >= 0.6 is 0 Å². The number of benzene rings is 1. The van der Waals surface area contributed by atoms with Crippen LogP contribution in [0.5, 0.6) is 11.5 Å². The molecule has 1 aromatic rings. The molecule has 3 nitrogen and oxygen atoms in total. The number of nitrogens with two attached hydrogens (primary N) is 1. The first-order valence-corrected chi connectivity index (χ1v) is 7.33. The van der Waals surface area contributed by atoms with E-state index < -0.39 is 0 Å². The van der Waals surface area contributed by atoms with Crippen molar-refractivity contribution in [2.75, 3.05) is 12.3 Å². The highest BCUT2D eigenvalue weighted by atomic mass is 16.5. The third-order valence-electron chi connectivity index (χ3n) is 3.48. The van der Waals surface area contributed by atoms with E-state index in [9.17, 15) is 0 Å². The normalized spacial score (nSPS) is 16.6. The van der Waals surface area contributed by atoms with E-state index in [1.807, 2.05) is 32.0 Å². The van der Waals surface area contributed by atoms with E-state index in [2.05, 4.69) is 0 Å². The fourth-order valence-electron chi connectivity index (χ4n) is 2.59. The van der Waals surface area contributed by atoms with E-state index in [1.165, 1.54) is 32.1 Å². The average molecular weight is 263 g/mol. The van der Waals surface area contributed by atoms with Crippen LogP contribution < -0.4 is 15.2 Å². The van der Waals surface area contributed by atoms with Gasteiger partial charge in [-0.3, -0.25) is 0 Å². The third-order valence-corrected chi connectivity index (χ3v) is 3.48. The second-order valence-corrected chi connectivity index (χ2v) is 5.72. The molecule has 0 spiro atoms. The van der Waals surface area contributed by atoms with Crippen LogP contribution in [0.4, 0.5) is 5.69 Å². The second kappa shape index (κ2) is 6.69. The van der Waals surface area contributed by atoms with Crippen molar-refractivity contribution in [3.63, 3.8) is 0 Å². The Morgan fingerprint density at radius 2 is 1.79 bits per heavy atom. The molecule has 0 atom stereocenters. The smallest absolute Gasteiger partial charge is 0.125 e. The lowest BCUT2D eigenvalue weighted by Gasteiger charge is -2.22. The number of anilines is 1. The standard InChI is InChI=1S/C16H25NO2/c1-12(2)19-16-9-14(17)8-15(10-16)18-11-13-6-4-3-5-7-13/h8-10,12-13H,3-7,11,17H2,1-2H3. The molecular weight excluding hydrogens is 238 g/mol. The van der Waals surface area contributed by atoms with Gasteiger partial charge in [0.2, 0.25) is 0 Å². The fourth-order valence-corrected chi connectivity index (χ4v) is 2.59. The molecule has 0 saturated heterocycles. The van der Waals surface area contributed by atoms with Crippen LogP contribution in [-0.2, 0) is 0 Å². The van der Waals surface area contributed by atoms with Crippen molar-refractivity contribution >= 4 is 5.69 Å². The molecule has 1 saturated carbocycles. The van der Waals surface area contributed by atoms with Gasteiger partial charge in [0.05, 0.1) is 12.7 Å². The molecule has 0 bridgehead atoms. The molecule has 3 heteroatoms. The average Bonchev–Trinajstić information content (AvgIpc) is 2.36. The van der Waals surface area contributed by atoms with E-state index in [0.29, 0.717) is 11.6 Å². The first-order chi connectivity index (χ1) is 9.13. The molecule has 2 rings (SSSR count). The van der Waals surface area contributed by atoms with Gasteiger partial charge in [0.1, 0.15) is 11.5 Å². The van der Waals surface area contributed by atoms with Crippen molar-refractivity contribution in [2.45, 2.75) is 52.1 Å². The topological polar surface area (TPSA) is 44.5 Å². The van der Waals surface area contributed by atoms with Crippen LogP contribution in [0, 0.1) is 5.92 Å². The molecule has 0 amide bonds. The van der Waals surface area contributed by atoms with Gasteiger partial charge >= 0.3 is 0 Å². The SMILES string of the molecule is CC(C)Oc1cc(N)cc(OCC2CCCCC2)c1. The van der Waals surface area contributed by atoms with Gasteiger partial charge in [0.15, 0.2) is 0 Å².